The van der Waals surface area contributed by atoms with E-state index >= 15 is 0 Å². The summed E-state index contributed by atoms with van der Waals surface area (Å²) in [6.07, 6.45) is 0.782. The molecule has 0 bridgehead atoms. The quantitative estimate of drug-likeness (QED) is 0.386. The SMILES string of the molecule is COc1ccc(CCn2c(C)cc(C(=O)CN3C(=O)N[C@](C)(c4ccc(C#N)cc4)C3=O)c2C)cc1. The monoisotopic (exact) mass is 484 g/mol. The van der Waals surface area contributed by atoms with Gasteiger partial charge in [0, 0.05) is 23.5 Å². The molecule has 0 aliphatic carbocycles. The van der Waals surface area contributed by atoms with Crippen molar-refractivity contribution < 1.29 is 19.1 Å². The molecule has 36 heavy (non-hydrogen) atoms. The number of carbonyl (C=O) groups is 3. The molecule has 2 aromatic carbocycles. The van der Waals surface area contributed by atoms with E-state index in [0.717, 1.165) is 34.0 Å². The van der Waals surface area contributed by atoms with Gasteiger partial charge in [-0.3, -0.25) is 14.5 Å². The van der Waals surface area contributed by atoms with Crippen LogP contribution < -0.4 is 10.1 Å². The number of nitrogens with zero attached hydrogens (tertiary/aromatic N) is 3. The summed E-state index contributed by atoms with van der Waals surface area (Å²) in [6, 6.07) is 17.6. The first-order valence-electron chi connectivity index (χ1n) is 11.7. The number of aryl methyl sites for hydroxylation is 2. The van der Waals surface area contributed by atoms with Gasteiger partial charge in [0.15, 0.2) is 5.78 Å². The molecule has 3 aromatic rings. The van der Waals surface area contributed by atoms with Crippen molar-refractivity contribution >= 4 is 17.7 Å². The number of ether oxygens (including phenoxy) is 1. The van der Waals surface area contributed by atoms with Crippen LogP contribution in [-0.2, 0) is 23.3 Å². The van der Waals surface area contributed by atoms with Crippen LogP contribution in [-0.4, -0.2) is 40.8 Å². The Labute approximate surface area is 210 Å². The van der Waals surface area contributed by atoms with E-state index in [1.807, 2.05) is 50.2 Å². The van der Waals surface area contributed by atoms with Gasteiger partial charge < -0.3 is 14.6 Å². The summed E-state index contributed by atoms with van der Waals surface area (Å²) in [4.78, 5) is 40.1. The van der Waals surface area contributed by atoms with E-state index in [2.05, 4.69) is 9.88 Å². The molecule has 2 heterocycles. The maximum Gasteiger partial charge on any atom is 0.325 e. The van der Waals surface area contributed by atoms with Gasteiger partial charge in [-0.2, -0.15) is 5.26 Å². The largest absolute Gasteiger partial charge is 0.497 e. The Bertz CT molecular complexity index is 1370. The molecule has 1 N–H and O–H groups in total. The predicted molar refractivity (Wildman–Crippen MR) is 134 cm³/mol. The molecule has 8 heteroatoms. The molecule has 1 aliphatic rings. The Morgan fingerprint density at radius 2 is 1.75 bits per heavy atom. The minimum absolute atomic E-state index is 0.300. The number of hydrogen-bond donors (Lipinski definition) is 1. The number of Topliss-reactive ketones (excluding diaryl/α,β-unsaturated/α-hetero) is 1. The average molecular weight is 485 g/mol. The van der Waals surface area contributed by atoms with Crippen LogP contribution in [0.1, 0.15) is 45.4 Å². The highest BCUT2D eigenvalue weighted by Crippen LogP contribution is 2.29. The summed E-state index contributed by atoms with van der Waals surface area (Å²) >= 11 is 0. The van der Waals surface area contributed by atoms with Crippen LogP contribution in [0.2, 0.25) is 0 Å². The van der Waals surface area contributed by atoms with Crippen molar-refractivity contribution in [2.24, 2.45) is 0 Å². The zero-order chi connectivity index (χ0) is 26.0. The maximum absolute atomic E-state index is 13.2. The number of ketones is 1. The molecule has 184 valence electrons. The standard InChI is InChI=1S/C28H28N4O4/c1-18-15-24(19(2)31(18)14-13-20-7-11-23(36-4)12-8-20)25(33)17-32-26(34)28(3,30-27(32)35)22-9-5-21(16-29)6-10-22/h5-12,15H,13-14,17H2,1-4H3,(H,30,35)/t28-/m1/s1. The minimum Gasteiger partial charge on any atom is -0.497 e. The van der Waals surface area contributed by atoms with Crippen molar-refractivity contribution in [3.63, 3.8) is 0 Å². The fourth-order valence-corrected chi connectivity index (χ4v) is 4.60. The van der Waals surface area contributed by atoms with Gasteiger partial charge in [-0.05, 0) is 68.7 Å². The highest BCUT2D eigenvalue weighted by atomic mass is 16.5. The van der Waals surface area contributed by atoms with E-state index in [1.165, 1.54) is 0 Å². The third kappa shape index (κ3) is 4.48. The number of amides is 3. The van der Waals surface area contributed by atoms with Crippen LogP contribution >= 0.6 is 0 Å². The van der Waals surface area contributed by atoms with Gasteiger partial charge in [-0.1, -0.05) is 24.3 Å². The third-order valence-corrected chi connectivity index (χ3v) is 6.83. The molecule has 0 unspecified atom stereocenters. The molecule has 0 spiro atoms. The van der Waals surface area contributed by atoms with Gasteiger partial charge in [-0.15, -0.1) is 0 Å². The van der Waals surface area contributed by atoms with Crippen molar-refractivity contribution in [2.45, 2.75) is 39.3 Å². The van der Waals surface area contributed by atoms with E-state index in [0.29, 0.717) is 23.2 Å². The van der Waals surface area contributed by atoms with Crippen LogP contribution in [0, 0.1) is 25.2 Å². The number of nitrogens with one attached hydrogen (secondary N) is 1. The molecule has 1 atom stereocenters. The van der Waals surface area contributed by atoms with E-state index in [9.17, 15) is 14.4 Å². The Balaban J connectivity index is 1.48. The Morgan fingerprint density at radius 1 is 1.08 bits per heavy atom. The molecule has 0 radical (unpaired) electrons. The van der Waals surface area contributed by atoms with Crippen molar-refractivity contribution in [2.75, 3.05) is 13.7 Å². The summed E-state index contributed by atoms with van der Waals surface area (Å²) < 4.78 is 7.28. The van der Waals surface area contributed by atoms with Gasteiger partial charge >= 0.3 is 6.03 Å². The first-order chi connectivity index (χ1) is 17.2. The Morgan fingerprint density at radius 3 is 2.36 bits per heavy atom. The highest BCUT2D eigenvalue weighted by molar-refractivity contribution is 6.11. The topological polar surface area (TPSA) is 104 Å². The summed E-state index contributed by atoms with van der Waals surface area (Å²) in [6.45, 7) is 5.76. The lowest BCUT2D eigenvalue weighted by molar-refractivity contribution is -0.130. The molecule has 4 rings (SSSR count). The lowest BCUT2D eigenvalue weighted by atomic mass is 9.91. The van der Waals surface area contributed by atoms with Crippen molar-refractivity contribution in [1.29, 1.82) is 5.26 Å². The van der Waals surface area contributed by atoms with Crippen LogP contribution in [0.3, 0.4) is 0 Å². The van der Waals surface area contributed by atoms with Crippen molar-refractivity contribution in [3.8, 4) is 11.8 Å². The smallest absolute Gasteiger partial charge is 0.325 e. The fraction of sp³-hybridized carbons (Fsp3) is 0.286. The first kappa shape index (κ1) is 24.7. The van der Waals surface area contributed by atoms with Gasteiger partial charge in [-0.25, -0.2) is 4.79 Å². The van der Waals surface area contributed by atoms with E-state index in [4.69, 9.17) is 10.00 Å². The lowest BCUT2D eigenvalue weighted by Gasteiger charge is -2.22. The highest BCUT2D eigenvalue weighted by Gasteiger charge is 2.49. The van der Waals surface area contributed by atoms with Crippen LogP contribution in [0.4, 0.5) is 4.79 Å². The predicted octanol–water partition coefficient (Wildman–Crippen LogP) is 3.88. The summed E-state index contributed by atoms with van der Waals surface area (Å²) in [7, 11) is 1.63. The van der Waals surface area contributed by atoms with Crippen LogP contribution in [0.5, 0.6) is 5.75 Å². The number of rotatable bonds is 8. The van der Waals surface area contributed by atoms with Gasteiger partial charge in [0.05, 0.1) is 25.3 Å². The fourth-order valence-electron chi connectivity index (χ4n) is 4.60. The van der Waals surface area contributed by atoms with E-state index < -0.39 is 17.5 Å². The number of imide groups is 1. The van der Waals surface area contributed by atoms with Gasteiger partial charge in [0.25, 0.3) is 5.91 Å². The van der Waals surface area contributed by atoms with E-state index in [1.54, 1.807) is 38.3 Å². The first-order valence-corrected chi connectivity index (χ1v) is 11.7. The number of nitriles is 1. The van der Waals surface area contributed by atoms with Gasteiger partial charge in [0.1, 0.15) is 11.3 Å². The zero-order valence-electron chi connectivity index (χ0n) is 20.8. The molecule has 1 aliphatic heterocycles. The van der Waals surface area contributed by atoms with Crippen molar-refractivity contribution in [3.05, 3.63) is 88.2 Å². The van der Waals surface area contributed by atoms with Crippen LogP contribution in [0.15, 0.2) is 54.6 Å². The second-order valence-electron chi connectivity index (χ2n) is 9.09. The second kappa shape index (κ2) is 9.70. The second-order valence-corrected chi connectivity index (χ2v) is 9.09. The summed E-state index contributed by atoms with van der Waals surface area (Å²) in [5.41, 5.74) is 3.07. The van der Waals surface area contributed by atoms with Crippen LogP contribution in [0.25, 0.3) is 0 Å². The summed E-state index contributed by atoms with van der Waals surface area (Å²) in [5, 5.41) is 11.7. The number of carbonyl (C=O) groups excluding carboxylic acids is 3. The van der Waals surface area contributed by atoms with Crippen molar-refractivity contribution in [1.82, 2.24) is 14.8 Å². The number of hydrogen-bond acceptors (Lipinski definition) is 5. The van der Waals surface area contributed by atoms with E-state index in [-0.39, 0.29) is 12.3 Å². The average Bonchev–Trinajstić information content (AvgIpc) is 3.29. The minimum atomic E-state index is -1.30. The normalized spacial score (nSPS) is 17.1. The third-order valence-electron chi connectivity index (χ3n) is 6.83. The Hall–Kier alpha value is -4.38. The maximum atomic E-state index is 13.2. The number of urea groups is 1. The lowest BCUT2D eigenvalue weighted by Crippen LogP contribution is -2.41. The summed E-state index contributed by atoms with van der Waals surface area (Å²) in [5.74, 6) is 0.000910. The molecular formula is C28H28N4O4. The number of aromatic nitrogens is 1. The molecule has 1 fully saturated rings. The molecule has 8 nitrogen and oxygen atoms in total. The molecular weight excluding hydrogens is 456 g/mol. The molecule has 1 saturated heterocycles. The molecule has 0 saturated carbocycles. The zero-order valence-corrected chi connectivity index (χ0v) is 20.8. The molecule has 1 aromatic heterocycles. The molecule has 3 amide bonds. The number of benzene rings is 2. The van der Waals surface area contributed by atoms with Gasteiger partial charge in [0.2, 0.25) is 0 Å². The number of methoxy groups -OCH3 is 1. The Kier molecular flexibility index (Phi) is 6.67.